The lowest BCUT2D eigenvalue weighted by Crippen LogP contribution is -2.27. The number of carboxylic acids is 1. The van der Waals surface area contributed by atoms with Gasteiger partial charge in [0.15, 0.2) is 11.8 Å². The van der Waals surface area contributed by atoms with Gasteiger partial charge in [-0.15, -0.1) is 0 Å². The van der Waals surface area contributed by atoms with Crippen molar-refractivity contribution >= 4 is 11.7 Å². The van der Waals surface area contributed by atoms with Crippen molar-refractivity contribution in [1.82, 2.24) is 0 Å². The largest absolute Gasteiger partial charge is 0.477 e. The monoisotopic (exact) mass is 221 g/mol. The maximum atomic E-state index is 10.8. The fourth-order valence-corrected chi connectivity index (χ4v) is 1.71. The van der Waals surface area contributed by atoms with Gasteiger partial charge in [0.25, 0.3) is 0 Å². The molecule has 2 unspecified atom stereocenters. The molecule has 1 aromatic carbocycles. The molecule has 0 aliphatic carbocycles. The third-order valence-corrected chi connectivity index (χ3v) is 2.53. The number of hydrogen-bond acceptors (Lipinski definition) is 4. The highest BCUT2D eigenvalue weighted by Crippen LogP contribution is 2.32. The highest BCUT2D eigenvalue weighted by atomic mass is 16.6. The molecule has 2 N–H and O–H groups in total. The molecule has 1 aromatic rings. The number of oxime groups is 1. The summed E-state index contributed by atoms with van der Waals surface area (Å²) in [6, 6.07) is 9.13. The van der Waals surface area contributed by atoms with Crippen LogP contribution in [0.15, 0.2) is 35.5 Å². The normalized spacial score (nSPS) is 23.7. The molecule has 0 fully saturated rings. The van der Waals surface area contributed by atoms with Gasteiger partial charge in [-0.1, -0.05) is 35.5 Å². The number of carboxylic acid groups (broad SMARTS) is 1. The van der Waals surface area contributed by atoms with Crippen LogP contribution in [-0.2, 0) is 9.63 Å². The molecule has 0 aromatic heterocycles. The summed E-state index contributed by atoms with van der Waals surface area (Å²) in [6.07, 6.45) is -0.516. The molecule has 1 aliphatic heterocycles. The summed E-state index contributed by atoms with van der Waals surface area (Å²) in [5, 5.41) is 21.6. The summed E-state index contributed by atoms with van der Waals surface area (Å²) in [7, 11) is 0. The van der Waals surface area contributed by atoms with Crippen LogP contribution in [0, 0.1) is 5.92 Å². The molecule has 1 aliphatic rings. The summed E-state index contributed by atoms with van der Waals surface area (Å²) < 4.78 is 0. The smallest absolute Gasteiger partial charge is 0.354 e. The highest BCUT2D eigenvalue weighted by Gasteiger charge is 2.38. The van der Waals surface area contributed by atoms with Crippen molar-refractivity contribution < 1.29 is 19.8 Å². The van der Waals surface area contributed by atoms with Crippen LogP contribution < -0.4 is 0 Å². The van der Waals surface area contributed by atoms with E-state index in [9.17, 15) is 9.90 Å². The maximum absolute atomic E-state index is 10.8. The molecule has 0 bridgehead atoms. The van der Waals surface area contributed by atoms with Crippen molar-refractivity contribution in [2.45, 2.75) is 6.10 Å². The molecule has 0 saturated heterocycles. The average Bonchev–Trinajstić information content (AvgIpc) is 2.73. The van der Waals surface area contributed by atoms with Crippen molar-refractivity contribution in [2.24, 2.45) is 11.1 Å². The molecule has 16 heavy (non-hydrogen) atoms. The van der Waals surface area contributed by atoms with E-state index in [-0.39, 0.29) is 12.3 Å². The molecule has 0 radical (unpaired) electrons. The third kappa shape index (κ3) is 1.77. The Kier molecular flexibility index (Phi) is 2.87. The predicted molar refractivity (Wildman–Crippen MR) is 55.9 cm³/mol. The van der Waals surface area contributed by atoms with Crippen molar-refractivity contribution in [3.8, 4) is 0 Å². The molecule has 2 rings (SSSR count). The average molecular weight is 221 g/mol. The minimum absolute atomic E-state index is 0.128. The molecule has 0 spiro atoms. The van der Waals surface area contributed by atoms with Gasteiger partial charge < -0.3 is 15.1 Å². The van der Waals surface area contributed by atoms with E-state index in [0.29, 0.717) is 0 Å². The number of aliphatic hydroxyl groups excluding tert-OH is 1. The van der Waals surface area contributed by atoms with Gasteiger partial charge in [-0.05, 0) is 5.56 Å². The van der Waals surface area contributed by atoms with E-state index in [0.717, 1.165) is 5.56 Å². The van der Waals surface area contributed by atoms with E-state index in [1.54, 1.807) is 0 Å². The Labute approximate surface area is 92.0 Å². The van der Waals surface area contributed by atoms with Gasteiger partial charge in [0.1, 0.15) is 0 Å². The van der Waals surface area contributed by atoms with Crippen molar-refractivity contribution in [2.75, 3.05) is 6.61 Å². The number of nitrogens with zero attached hydrogens (tertiary/aromatic N) is 1. The minimum atomic E-state index is -1.16. The topological polar surface area (TPSA) is 79.1 Å². The Morgan fingerprint density at radius 2 is 2.06 bits per heavy atom. The molecule has 0 saturated carbocycles. The van der Waals surface area contributed by atoms with E-state index >= 15 is 0 Å². The lowest BCUT2D eigenvalue weighted by atomic mass is 9.93. The number of benzene rings is 1. The fourth-order valence-electron chi connectivity index (χ4n) is 1.71. The first kappa shape index (κ1) is 10.6. The summed E-state index contributed by atoms with van der Waals surface area (Å²) in [4.78, 5) is 15.9. The summed E-state index contributed by atoms with van der Waals surface area (Å²) in [5.41, 5.74) is 0.679. The molecule has 84 valence electrons. The lowest BCUT2D eigenvalue weighted by molar-refractivity contribution is -0.129. The van der Waals surface area contributed by atoms with E-state index < -0.39 is 18.0 Å². The van der Waals surface area contributed by atoms with E-state index in [1.165, 1.54) is 0 Å². The Hall–Kier alpha value is -1.88. The molecular formula is C11H11NO4. The molecule has 1 heterocycles. The Bertz CT molecular complexity index is 415. The van der Waals surface area contributed by atoms with E-state index in [2.05, 4.69) is 5.16 Å². The van der Waals surface area contributed by atoms with Crippen molar-refractivity contribution in [3.63, 3.8) is 0 Å². The summed E-state index contributed by atoms with van der Waals surface area (Å²) in [6.45, 7) is -0.301. The first-order chi connectivity index (χ1) is 7.74. The Morgan fingerprint density at radius 1 is 1.38 bits per heavy atom. The van der Waals surface area contributed by atoms with Crippen LogP contribution in [0.5, 0.6) is 0 Å². The highest BCUT2D eigenvalue weighted by molar-refractivity contribution is 6.36. The van der Waals surface area contributed by atoms with Crippen LogP contribution in [0.1, 0.15) is 11.7 Å². The van der Waals surface area contributed by atoms with Gasteiger partial charge in [0.2, 0.25) is 0 Å². The van der Waals surface area contributed by atoms with Crippen LogP contribution in [0.3, 0.4) is 0 Å². The third-order valence-electron chi connectivity index (χ3n) is 2.53. The molecule has 0 amide bonds. The SMILES string of the molecule is O=C(O)C1=NOC(c2ccccc2)C1CO. The quantitative estimate of drug-likeness (QED) is 0.791. The van der Waals surface area contributed by atoms with Crippen molar-refractivity contribution in [3.05, 3.63) is 35.9 Å². The van der Waals surface area contributed by atoms with Crippen molar-refractivity contribution in [1.29, 1.82) is 0 Å². The fraction of sp³-hybridized carbons (Fsp3) is 0.273. The number of carbonyl (C=O) groups is 1. The van der Waals surface area contributed by atoms with Gasteiger partial charge in [-0.25, -0.2) is 4.79 Å². The predicted octanol–water partition coefficient (Wildman–Crippen LogP) is 0.807. The maximum Gasteiger partial charge on any atom is 0.354 e. The number of hydrogen-bond donors (Lipinski definition) is 2. The molecule has 5 nitrogen and oxygen atoms in total. The Morgan fingerprint density at radius 3 is 2.62 bits per heavy atom. The van der Waals surface area contributed by atoms with Gasteiger partial charge >= 0.3 is 5.97 Å². The minimum Gasteiger partial charge on any atom is -0.477 e. The zero-order valence-corrected chi connectivity index (χ0v) is 8.41. The number of aliphatic hydroxyl groups is 1. The van der Waals surface area contributed by atoms with Gasteiger partial charge in [-0.3, -0.25) is 0 Å². The zero-order chi connectivity index (χ0) is 11.5. The van der Waals surface area contributed by atoms with Crippen LogP contribution in [0.4, 0.5) is 0 Å². The van der Waals surface area contributed by atoms with Gasteiger partial charge in [0, 0.05) is 0 Å². The molecule has 2 atom stereocenters. The standard InChI is InChI=1S/C11H11NO4/c13-6-8-9(11(14)15)12-16-10(8)7-4-2-1-3-5-7/h1-5,8,10,13H,6H2,(H,14,15). The second kappa shape index (κ2) is 4.32. The van der Waals surface area contributed by atoms with Crippen LogP contribution in [0.25, 0.3) is 0 Å². The van der Waals surface area contributed by atoms with Gasteiger partial charge in [0.05, 0.1) is 12.5 Å². The second-order valence-corrected chi connectivity index (χ2v) is 3.51. The molecular weight excluding hydrogens is 210 g/mol. The Balaban J connectivity index is 2.25. The lowest BCUT2D eigenvalue weighted by Gasteiger charge is -2.15. The van der Waals surface area contributed by atoms with E-state index in [1.807, 2.05) is 30.3 Å². The number of rotatable bonds is 3. The van der Waals surface area contributed by atoms with E-state index in [4.69, 9.17) is 9.94 Å². The second-order valence-electron chi connectivity index (χ2n) is 3.51. The van der Waals surface area contributed by atoms with Gasteiger partial charge in [-0.2, -0.15) is 0 Å². The van der Waals surface area contributed by atoms with Crippen LogP contribution in [0.2, 0.25) is 0 Å². The number of aliphatic carboxylic acids is 1. The summed E-state index contributed by atoms with van der Waals surface area (Å²) in [5.74, 6) is -1.77. The first-order valence-electron chi connectivity index (χ1n) is 4.87. The van der Waals surface area contributed by atoms with Crippen LogP contribution in [-0.4, -0.2) is 28.5 Å². The zero-order valence-electron chi connectivity index (χ0n) is 8.41. The summed E-state index contributed by atoms with van der Waals surface area (Å²) >= 11 is 0. The molecule has 5 heteroatoms. The van der Waals surface area contributed by atoms with Crippen LogP contribution >= 0.6 is 0 Å². The first-order valence-corrected chi connectivity index (χ1v) is 4.87.